The van der Waals surface area contributed by atoms with Crippen molar-refractivity contribution in [2.24, 2.45) is 0 Å². The predicted octanol–water partition coefficient (Wildman–Crippen LogP) is 4.11. The summed E-state index contributed by atoms with van der Waals surface area (Å²) >= 11 is 0. The molecule has 0 aromatic heterocycles. The van der Waals surface area contributed by atoms with Crippen LogP contribution >= 0.6 is 0 Å². The fourth-order valence-corrected chi connectivity index (χ4v) is 3.20. The maximum Gasteiger partial charge on any atom is 0.103 e. The number of hydrogen-bond acceptors (Lipinski definition) is 3. The Morgan fingerprint density at radius 3 is 2.24 bits per heavy atom. The summed E-state index contributed by atoms with van der Waals surface area (Å²) < 4.78 is 0. The van der Waals surface area contributed by atoms with Crippen LogP contribution in [0.4, 0.5) is 17.1 Å². The van der Waals surface area contributed by atoms with Crippen molar-refractivity contribution in [1.82, 2.24) is 0 Å². The largest absolute Gasteiger partial charge is 0.352 e. The lowest BCUT2D eigenvalue weighted by Gasteiger charge is -2.30. The van der Waals surface area contributed by atoms with Crippen molar-refractivity contribution in [3.05, 3.63) is 53.1 Å². The Bertz CT molecular complexity index is 722. The number of rotatable bonds is 1. The average Bonchev–Trinajstić information content (AvgIpc) is 2.72. The third kappa shape index (κ3) is 1.87. The van der Waals surface area contributed by atoms with Gasteiger partial charge < -0.3 is 9.80 Å². The Morgan fingerprint density at radius 2 is 1.62 bits per heavy atom. The molecule has 0 saturated carbocycles. The van der Waals surface area contributed by atoms with Crippen molar-refractivity contribution in [2.75, 3.05) is 16.8 Å². The van der Waals surface area contributed by atoms with Crippen LogP contribution in [-0.2, 0) is 0 Å². The van der Waals surface area contributed by atoms with Gasteiger partial charge in [0.15, 0.2) is 0 Å². The van der Waals surface area contributed by atoms with E-state index in [1.165, 1.54) is 16.8 Å². The minimum Gasteiger partial charge on any atom is -0.352 e. The van der Waals surface area contributed by atoms with E-state index in [0.29, 0.717) is 0 Å². The Balaban J connectivity index is 2.30. The molecule has 0 saturated heterocycles. The standard InChI is InChI=1S/C18H19N3/c1-12-7-5-8-13(2)17(12)21-14(3)20(4)16-10-6-9-15(11-19)18(16)21/h5-10,14H,1-4H3/t14-/m0/s1. The topological polar surface area (TPSA) is 30.3 Å². The van der Waals surface area contributed by atoms with Gasteiger partial charge in [0.1, 0.15) is 12.2 Å². The second-order valence-corrected chi connectivity index (χ2v) is 5.64. The van der Waals surface area contributed by atoms with Gasteiger partial charge in [-0.3, -0.25) is 0 Å². The van der Waals surface area contributed by atoms with Gasteiger partial charge in [0.05, 0.1) is 16.9 Å². The van der Waals surface area contributed by atoms with Crippen LogP contribution in [0.5, 0.6) is 0 Å². The number of para-hydroxylation sites is 2. The molecule has 3 heteroatoms. The van der Waals surface area contributed by atoms with Crippen molar-refractivity contribution in [3.8, 4) is 6.07 Å². The molecule has 106 valence electrons. The molecular formula is C18H19N3. The van der Waals surface area contributed by atoms with Crippen LogP contribution in [0.1, 0.15) is 23.6 Å². The lowest BCUT2D eigenvalue weighted by Crippen LogP contribution is -2.36. The third-order valence-electron chi connectivity index (χ3n) is 4.37. The van der Waals surface area contributed by atoms with Gasteiger partial charge in [-0.2, -0.15) is 5.26 Å². The number of hydrogen-bond donors (Lipinski definition) is 0. The molecule has 0 N–H and O–H groups in total. The highest BCUT2D eigenvalue weighted by molar-refractivity contribution is 5.89. The van der Waals surface area contributed by atoms with E-state index in [0.717, 1.165) is 16.9 Å². The van der Waals surface area contributed by atoms with Gasteiger partial charge in [0.2, 0.25) is 0 Å². The van der Waals surface area contributed by atoms with Crippen LogP contribution in [-0.4, -0.2) is 13.2 Å². The molecule has 0 fully saturated rings. The minimum absolute atomic E-state index is 0.189. The van der Waals surface area contributed by atoms with Crippen molar-refractivity contribution < 1.29 is 0 Å². The lowest BCUT2D eigenvalue weighted by atomic mass is 10.1. The van der Waals surface area contributed by atoms with Crippen LogP contribution in [0.15, 0.2) is 36.4 Å². The molecule has 1 atom stereocenters. The molecule has 2 aromatic carbocycles. The molecule has 1 heterocycles. The second kappa shape index (κ2) is 4.82. The molecule has 2 aromatic rings. The molecule has 0 radical (unpaired) electrons. The van der Waals surface area contributed by atoms with Gasteiger partial charge in [0, 0.05) is 12.7 Å². The summed E-state index contributed by atoms with van der Waals surface area (Å²) in [5.41, 5.74) is 6.54. The first-order valence-electron chi connectivity index (χ1n) is 7.17. The minimum atomic E-state index is 0.189. The Kier molecular flexibility index (Phi) is 3.10. The molecule has 3 nitrogen and oxygen atoms in total. The second-order valence-electron chi connectivity index (χ2n) is 5.64. The molecule has 1 aliphatic heterocycles. The van der Waals surface area contributed by atoms with Gasteiger partial charge in [-0.1, -0.05) is 24.3 Å². The number of aryl methyl sites for hydroxylation is 2. The Hall–Kier alpha value is -2.47. The van der Waals surface area contributed by atoms with Crippen molar-refractivity contribution >= 4 is 17.1 Å². The summed E-state index contributed by atoms with van der Waals surface area (Å²) in [5.74, 6) is 0. The first-order valence-corrected chi connectivity index (χ1v) is 7.17. The number of nitrogens with zero attached hydrogens (tertiary/aromatic N) is 3. The van der Waals surface area contributed by atoms with Crippen LogP contribution in [0.2, 0.25) is 0 Å². The summed E-state index contributed by atoms with van der Waals surface area (Å²) in [4.78, 5) is 4.51. The van der Waals surface area contributed by atoms with Crippen molar-refractivity contribution in [1.29, 1.82) is 5.26 Å². The van der Waals surface area contributed by atoms with Crippen LogP contribution in [0.3, 0.4) is 0 Å². The quantitative estimate of drug-likeness (QED) is 0.786. The van der Waals surface area contributed by atoms with E-state index in [4.69, 9.17) is 0 Å². The lowest BCUT2D eigenvalue weighted by molar-refractivity contribution is 0.731. The number of fused-ring (bicyclic) bond motifs is 1. The number of benzene rings is 2. The van der Waals surface area contributed by atoms with Gasteiger partial charge in [-0.05, 0) is 44.0 Å². The first kappa shape index (κ1) is 13.5. The van der Waals surface area contributed by atoms with E-state index in [9.17, 15) is 5.26 Å². The summed E-state index contributed by atoms with van der Waals surface area (Å²) in [7, 11) is 2.08. The third-order valence-corrected chi connectivity index (χ3v) is 4.37. The molecular weight excluding hydrogens is 258 g/mol. The zero-order valence-electron chi connectivity index (χ0n) is 12.9. The molecule has 3 rings (SSSR count). The highest BCUT2D eigenvalue weighted by atomic mass is 15.4. The molecule has 0 amide bonds. The normalized spacial score (nSPS) is 16.8. The van der Waals surface area contributed by atoms with E-state index in [2.05, 4.69) is 68.0 Å². The monoisotopic (exact) mass is 277 g/mol. The van der Waals surface area contributed by atoms with Gasteiger partial charge in [0.25, 0.3) is 0 Å². The summed E-state index contributed by atoms with van der Waals surface area (Å²) in [6.45, 7) is 6.43. The molecule has 0 aliphatic carbocycles. The van der Waals surface area contributed by atoms with E-state index in [1.807, 2.05) is 12.1 Å². The summed E-state index contributed by atoms with van der Waals surface area (Å²) in [6, 6.07) is 14.6. The SMILES string of the molecule is Cc1cccc(C)c1N1c2c(C#N)cccc2N(C)[C@@H]1C. The smallest absolute Gasteiger partial charge is 0.103 e. The van der Waals surface area contributed by atoms with Gasteiger partial charge >= 0.3 is 0 Å². The molecule has 1 aliphatic rings. The van der Waals surface area contributed by atoms with Gasteiger partial charge in [-0.15, -0.1) is 0 Å². The highest BCUT2D eigenvalue weighted by Gasteiger charge is 2.34. The van der Waals surface area contributed by atoms with Crippen molar-refractivity contribution in [3.63, 3.8) is 0 Å². The van der Waals surface area contributed by atoms with E-state index in [-0.39, 0.29) is 6.17 Å². The predicted molar refractivity (Wildman–Crippen MR) is 87.1 cm³/mol. The van der Waals surface area contributed by atoms with E-state index < -0.39 is 0 Å². The van der Waals surface area contributed by atoms with Crippen molar-refractivity contribution in [2.45, 2.75) is 26.9 Å². The maximum absolute atomic E-state index is 9.48. The van der Waals surface area contributed by atoms with Gasteiger partial charge in [-0.25, -0.2) is 0 Å². The molecule has 21 heavy (non-hydrogen) atoms. The van der Waals surface area contributed by atoms with E-state index >= 15 is 0 Å². The Labute approximate surface area is 126 Å². The fraction of sp³-hybridized carbons (Fsp3) is 0.278. The fourth-order valence-electron chi connectivity index (χ4n) is 3.20. The zero-order chi connectivity index (χ0) is 15.1. The first-order chi connectivity index (χ1) is 10.1. The Morgan fingerprint density at radius 1 is 1.00 bits per heavy atom. The van der Waals surface area contributed by atoms with E-state index in [1.54, 1.807) is 0 Å². The molecule has 0 unspecified atom stereocenters. The zero-order valence-corrected chi connectivity index (χ0v) is 12.9. The summed E-state index contributed by atoms with van der Waals surface area (Å²) in [6.07, 6.45) is 0.189. The van der Waals surface area contributed by atoms with Crippen LogP contribution < -0.4 is 9.80 Å². The average molecular weight is 277 g/mol. The molecule has 0 bridgehead atoms. The highest BCUT2D eigenvalue weighted by Crippen LogP contribution is 2.46. The van der Waals surface area contributed by atoms with Crippen LogP contribution in [0, 0.1) is 25.2 Å². The summed E-state index contributed by atoms with van der Waals surface area (Å²) in [5, 5.41) is 9.48. The molecule has 0 spiro atoms. The number of nitriles is 1. The number of anilines is 3. The van der Waals surface area contributed by atoms with Crippen LogP contribution in [0.25, 0.3) is 0 Å². The maximum atomic E-state index is 9.48.